The van der Waals surface area contributed by atoms with Crippen LogP contribution in [0.4, 0.5) is 11.5 Å². The van der Waals surface area contributed by atoms with E-state index in [1.54, 1.807) is 12.3 Å². The average Bonchev–Trinajstić information content (AvgIpc) is 2.40. The SMILES string of the molecule is CN(C)c1ccc(C(=O)Nc2ccccc2)cn1. The predicted molar refractivity (Wildman–Crippen MR) is 73.0 cm³/mol. The van der Waals surface area contributed by atoms with Crippen LogP contribution in [0, 0.1) is 0 Å². The Labute approximate surface area is 106 Å². The molecule has 0 aliphatic heterocycles. The highest BCUT2D eigenvalue weighted by Crippen LogP contribution is 2.11. The van der Waals surface area contributed by atoms with Gasteiger partial charge < -0.3 is 10.2 Å². The lowest BCUT2D eigenvalue weighted by Gasteiger charge is -2.11. The number of pyridine rings is 1. The number of nitrogens with one attached hydrogen (secondary N) is 1. The van der Waals surface area contributed by atoms with Crippen molar-refractivity contribution < 1.29 is 4.79 Å². The summed E-state index contributed by atoms with van der Waals surface area (Å²) in [6.45, 7) is 0. The summed E-state index contributed by atoms with van der Waals surface area (Å²) in [6, 6.07) is 12.9. The van der Waals surface area contributed by atoms with Gasteiger partial charge in [0.2, 0.25) is 0 Å². The molecule has 92 valence electrons. The molecular formula is C14H15N3O. The number of aromatic nitrogens is 1. The molecule has 2 aromatic rings. The molecule has 18 heavy (non-hydrogen) atoms. The van der Waals surface area contributed by atoms with Gasteiger partial charge in [0.15, 0.2) is 0 Å². The van der Waals surface area contributed by atoms with Gasteiger partial charge in [-0.25, -0.2) is 4.98 Å². The largest absolute Gasteiger partial charge is 0.363 e. The first-order valence-corrected chi connectivity index (χ1v) is 5.66. The highest BCUT2D eigenvalue weighted by molar-refractivity contribution is 6.04. The molecule has 0 fully saturated rings. The van der Waals surface area contributed by atoms with Gasteiger partial charge in [0.1, 0.15) is 5.82 Å². The molecule has 4 nitrogen and oxygen atoms in total. The Morgan fingerprint density at radius 3 is 2.39 bits per heavy atom. The van der Waals surface area contributed by atoms with Crippen LogP contribution in [0.2, 0.25) is 0 Å². The fourth-order valence-corrected chi connectivity index (χ4v) is 1.51. The Kier molecular flexibility index (Phi) is 3.57. The lowest BCUT2D eigenvalue weighted by atomic mass is 10.2. The molecule has 2 rings (SSSR count). The average molecular weight is 241 g/mol. The monoisotopic (exact) mass is 241 g/mol. The Morgan fingerprint density at radius 1 is 1.11 bits per heavy atom. The van der Waals surface area contributed by atoms with E-state index in [2.05, 4.69) is 10.3 Å². The van der Waals surface area contributed by atoms with E-state index in [9.17, 15) is 4.79 Å². The maximum atomic E-state index is 11.9. The van der Waals surface area contributed by atoms with Crippen molar-refractivity contribution in [3.05, 3.63) is 54.2 Å². The molecule has 1 amide bonds. The summed E-state index contributed by atoms with van der Waals surface area (Å²) < 4.78 is 0. The second kappa shape index (κ2) is 5.31. The van der Waals surface area contributed by atoms with Crippen molar-refractivity contribution in [3.63, 3.8) is 0 Å². The van der Waals surface area contributed by atoms with Crippen LogP contribution in [0.5, 0.6) is 0 Å². The third-order valence-electron chi connectivity index (χ3n) is 2.50. The maximum absolute atomic E-state index is 11.9. The summed E-state index contributed by atoms with van der Waals surface area (Å²) >= 11 is 0. The summed E-state index contributed by atoms with van der Waals surface area (Å²) in [6.07, 6.45) is 1.58. The number of benzene rings is 1. The van der Waals surface area contributed by atoms with Gasteiger partial charge in [0.05, 0.1) is 5.56 Å². The van der Waals surface area contributed by atoms with Crippen molar-refractivity contribution in [1.29, 1.82) is 0 Å². The Bertz CT molecular complexity index is 520. The van der Waals surface area contributed by atoms with Gasteiger partial charge >= 0.3 is 0 Å². The molecular weight excluding hydrogens is 226 g/mol. The molecule has 0 radical (unpaired) electrons. The van der Waals surface area contributed by atoms with Crippen LogP contribution in [0.25, 0.3) is 0 Å². The number of hydrogen-bond donors (Lipinski definition) is 1. The van der Waals surface area contributed by atoms with Crippen LogP contribution < -0.4 is 10.2 Å². The molecule has 1 aromatic carbocycles. The van der Waals surface area contributed by atoms with E-state index in [0.29, 0.717) is 5.56 Å². The van der Waals surface area contributed by atoms with E-state index in [1.165, 1.54) is 0 Å². The summed E-state index contributed by atoms with van der Waals surface area (Å²) in [5.74, 6) is 0.672. The number of amides is 1. The Morgan fingerprint density at radius 2 is 1.83 bits per heavy atom. The maximum Gasteiger partial charge on any atom is 0.257 e. The molecule has 1 heterocycles. The minimum atomic E-state index is -0.154. The fraction of sp³-hybridized carbons (Fsp3) is 0.143. The Balaban J connectivity index is 2.10. The number of rotatable bonds is 3. The Hall–Kier alpha value is -2.36. The molecule has 0 unspecified atom stereocenters. The van der Waals surface area contributed by atoms with Crippen LogP contribution in [0.3, 0.4) is 0 Å². The van der Waals surface area contributed by atoms with Crippen LogP contribution in [0.1, 0.15) is 10.4 Å². The topological polar surface area (TPSA) is 45.2 Å². The number of hydrogen-bond acceptors (Lipinski definition) is 3. The van der Waals surface area contributed by atoms with Crippen LogP contribution >= 0.6 is 0 Å². The van der Waals surface area contributed by atoms with Crippen molar-refractivity contribution in [2.45, 2.75) is 0 Å². The molecule has 0 saturated heterocycles. The first-order chi connectivity index (χ1) is 8.66. The summed E-state index contributed by atoms with van der Waals surface area (Å²) in [4.78, 5) is 18.0. The summed E-state index contributed by atoms with van der Waals surface area (Å²) in [7, 11) is 3.82. The van der Waals surface area contributed by atoms with Gasteiger partial charge in [-0.15, -0.1) is 0 Å². The van der Waals surface area contributed by atoms with Gasteiger partial charge in [-0.05, 0) is 24.3 Å². The van der Waals surface area contributed by atoms with Crippen molar-refractivity contribution in [2.24, 2.45) is 0 Å². The number of nitrogens with zero attached hydrogens (tertiary/aromatic N) is 2. The van der Waals surface area contributed by atoms with Gasteiger partial charge in [0.25, 0.3) is 5.91 Å². The molecule has 4 heteroatoms. The number of para-hydroxylation sites is 1. The minimum Gasteiger partial charge on any atom is -0.363 e. The van der Waals surface area contributed by atoms with E-state index < -0.39 is 0 Å². The summed E-state index contributed by atoms with van der Waals surface area (Å²) in [5, 5.41) is 2.81. The molecule has 0 aliphatic carbocycles. The number of carbonyl (C=O) groups excluding carboxylic acids is 1. The van der Waals surface area contributed by atoms with Gasteiger partial charge in [-0.3, -0.25) is 4.79 Å². The lowest BCUT2D eigenvalue weighted by Crippen LogP contribution is -2.14. The minimum absolute atomic E-state index is 0.154. The normalized spacial score (nSPS) is 9.89. The second-order valence-electron chi connectivity index (χ2n) is 4.12. The van der Waals surface area contributed by atoms with Gasteiger partial charge in [-0.2, -0.15) is 0 Å². The lowest BCUT2D eigenvalue weighted by molar-refractivity contribution is 0.102. The molecule has 0 aliphatic rings. The highest BCUT2D eigenvalue weighted by atomic mass is 16.1. The van der Waals surface area contributed by atoms with E-state index in [0.717, 1.165) is 11.5 Å². The van der Waals surface area contributed by atoms with Crippen molar-refractivity contribution in [3.8, 4) is 0 Å². The second-order valence-corrected chi connectivity index (χ2v) is 4.12. The van der Waals surface area contributed by atoms with Crippen molar-refractivity contribution in [2.75, 3.05) is 24.3 Å². The fourth-order valence-electron chi connectivity index (χ4n) is 1.51. The molecule has 1 N–H and O–H groups in total. The number of carbonyl (C=O) groups is 1. The third kappa shape index (κ3) is 2.85. The first-order valence-electron chi connectivity index (χ1n) is 5.66. The molecule has 0 spiro atoms. The zero-order valence-electron chi connectivity index (χ0n) is 10.4. The van der Waals surface area contributed by atoms with E-state index in [4.69, 9.17) is 0 Å². The highest BCUT2D eigenvalue weighted by Gasteiger charge is 2.06. The first kappa shape index (κ1) is 12.1. The standard InChI is InChI=1S/C14H15N3O/c1-17(2)13-9-8-11(10-15-13)14(18)16-12-6-4-3-5-7-12/h3-10H,1-2H3,(H,16,18). The van der Waals surface area contributed by atoms with Crippen molar-refractivity contribution >= 4 is 17.4 Å². The molecule has 0 atom stereocenters. The predicted octanol–water partition coefficient (Wildman–Crippen LogP) is 2.40. The van der Waals surface area contributed by atoms with Crippen LogP contribution in [0.15, 0.2) is 48.7 Å². The van der Waals surface area contributed by atoms with Gasteiger partial charge in [-0.1, -0.05) is 18.2 Å². The molecule has 1 aromatic heterocycles. The van der Waals surface area contributed by atoms with Crippen LogP contribution in [-0.2, 0) is 0 Å². The third-order valence-corrected chi connectivity index (χ3v) is 2.50. The summed E-state index contributed by atoms with van der Waals surface area (Å²) in [5.41, 5.74) is 1.32. The molecule has 0 saturated carbocycles. The zero-order chi connectivity index (χ0) is 13.0. The zero-order valence-corrected chi connectivity index (χ0v) is 10.4. The van der Waals surface area contributed by atoms with E-state index >= 15 is 0 Å². The molecule has 0 bridgehead atoms. The van der Waals surface area contributed by atoms with E-state index in [1.807, 2.05) is 55.4 Å². The van der Waals surface area contributed by atoms with Crippen LogP contribution in [-0.4, -0.2) is 25.0 Å². The quantitative estimate of drug-likeness (QED) is 0.897. The van der Waals surface area contributed by atoms with Crippen molar-refractivity contribution in [1.82, 2.24) is 4.98 Å². The number of anilines is 2. The van der Waals surface area contributed by atoms with Gasteiger partial charge in [0, 0.05) is 26.0 Å². The van der Waals surface area contributed by atoms with E-state index in [-0.39, 0.29) is 5.91 Å². The smallest absolute Gasteiger partial charge is 0.257 e.